The Kier molecular flexibility index (Phi) is 3.53. The van der Waals surface area contributed by atoms with E-state index in [9.17, 15) is 43.4 Å². The minimum atomic E-state index is -12.7. The molecular weight excluding hydrogens is 728 g/mol. The topological polar surface area (TPSA) is 29.8 Å². The predicted octanol–water partition coefficient (Wildman–Crippen LogP) is 5.23. The van der Waals surface area contributed by atoms with Crippen LogP contribution in [0.5, 0.6) is 0 Å². The molecule has 0 fully saturated rings. The summed E-state index contributed by atoms with van der Waals surface area (Å²) in [6, 6.07) is 0. The van der Waals surface area contributed by atoms with Crippen molar-refractivity contribution >= 4 is 62.2 Å². The second-order valence-electron chi connectivity index (χ2n) is 3.19. The molecule has 3 nitrogen and oxygen atoms in total. The fraction of sp³-hybridized carbons (Fsp3) is 0. The van der Waals surface area contributed by atoms with Crippen molar-refractivity contribution in [2.45, 2.75) is 0 Å². The molecule has 21 heteroatoms. The van der Waals surface area contributed by atoms with E-state index in [1.807, 2.05) is 0 Å². The van der Waals surface area contributed by atoms with E-state index in [-0.39, 0.29) is 0 Å². The average Bonchev–Trinajstić information content (AvgIpc) is 1.54. The molecule has 0 aromatic carbocycles. The molecule has 0 aliphatic carbocycles. The summed E-state index contributed by atoms with van der Waals surface area (Å²) in [5.74, 6) is 0. The molecule has 0 unspecified atom stereocenters. The maximum atomic E-state index is 11.6. The van der Waals surface area contributed by atoms with Gasteiger partial charge in [-0.15, -0.1) is 0 Å². The van der Waals surface area contributed by atoms with Crippen LogP contribution in [0.1, 0.15) is 0 Å². The zero-order chi connectivity index (χ0) is 18.9. The van der Waals surface area contributed by atoms with Gasteiger partial charge in [0.05, 0.1) is 0 Å². The van der Waals surface area contributed by atoms with E-state index in [0.29, 0.717) is 0 Å². The second-order valence-corrected chi connectivity index (χ2v) is 20.0. The van der Waals surface area contributed by atoms with Gasteiger partial charge in [0.1, 0.15) is 0 Å². The van der Waals surface area contributed by atoms with Crippen LogP contribution in [0.25, 0.3) is 0 Å². The van der Waals surface area contributed by atoms with Gasteiger partial charge in [-0.3, -0.25) is 0 Å². The first-order valence-electron chi connectivity index (χ1n) is 3.43. The molecule has 0 aromatic rings. The van der Waals surface area contributed by atoms with Crippen LogP contribution in [-0.4, -0.2) is 62.2 Å². The summed E-state index contributed by atoms with van der Waals surface area (Å²) in [7, 11) is 0. The van der Waals surface area contributed by atoms with Crippen molar-refractivity contribution < 1.29 is 52.4 Å². The summed E-state index contributed by atoms with van der Waals surface area (Å²) >= 11 is -38.2. The van der Waals surface area contributed by atoms with Gasteiger partial charge in [-0.25, -0.2) is 0 Å². The van der Waals surface area contributed by atoms with Crippen LogP contribution < -0.4 is 0 Å². The van der Waals surface area contributed by atoms with Gasteiger partial charge < -0.3 is 0 Å². The molecule has 0 bridgehead atoms. The van der Waals surface area contributed by atoms with E-state index in [1.165, 1.54) is 0 Å². The Morgan fingerprint density at radius 2 is 0.727 bits per heavy atom. The third-order valence-corrected chi connectivity index (χ3v) is 4.54. The van der Waals surface area contributed by atoms with Gasteiger partial charge in [0.2, 0.25) is 0 Å². The molecule has 0 aliphatic heterocycles. The number of halogens is 15. The van der Waals surface area contributed by atoms with E-state index in [1.54, 1.807) is 0 Å². The first-order chi connectivity index (χ1) is 8.21. The van der Waals surface area contributed by atoms with Gasteiger partial charge in [0.25, 0.3) is 0 Å². The van der Waals surface area contributed by atoms with E-state index in [4.69, 9.17) is 0 Å². The van der Waals surface area contributed by atoms with Crippen LogP contribution >= 0.6 is 0 Å². The quantitative estimate of drug-likeness (QED) is 0.227. The number of hydrogen-bond donors (Lipinski definition) is 0. The standard InChI is InChI=1S/CF15O3Te3/c2-20(3,4,5,6)17-1(18-21(7,8,9,10)11)19-22(12,13,14,15)16/q+1. The van der Waals surface area contributed by atoms with Gasteiger partial charge >= 0.3 is 115 Å². The molecule has 22 heavy (non-hydrogen) atoms. The predicted molar refractivity (Wildman–Crippen MR) is 41.4 cm³/mol. The zero-order valence-corrected chi connectivity index (χ0v) is 15.6. The molecule has 0 saturated carbocycles. The molecule has 0 amide bonds. The maximum absolute atomic E-state index is 12.7. The van der Waals surface area contributed by atoms with Gasteiger partial charge in [-0.2, -0.15) is 0 Å². The van der Waals surface area contributed by atoms with Crippen LogP contribution in [0.4, 0.5) is 46.2 Å². The fourth-order valence-electron chi connectivity index (χ4n) is 0.427. The van der Waals surface area contributed by atoms with Crippen molar-refractivity contribution in [2.75, 3.05) is 0 Å². The molecule has 0 atom stereocenters. The van der Waals surface area contributed by atoms with E-state index in [2.05, 4.69) is 0 Å². The Bertz CT molecular complexity index is 489. The summed E-state index contributed by atoms with van der Waals surface area (Å²) in [5.41, 5.74) is 0. The third kappa shape index (κ3) is 17.0. The fourth-order valence-corrected chi connectivity index (χ4v) is 4.46. The summed E-state index contributed by atoms with van der Waals surface area (Å²) in [4.78, 5) is 0. The molecule has 0 radical (unpaired) electrons. The van der Waals surface area contributed by atoms with Crippen molar-refractivity contribution in [1.82, 2.24) is 0 Å². The number of carbonyl (C=O) groups excluding carboxylic acids is 1. The van der Waals surface area contributed by atoms with Crippen LogP contribution in [0, 0.1) is 0 Å². The number of rotatable bonds is 3. The molecule has 0 aliphatic rings. The molecule has 144 valence electrons. The normalized spacial score (nSPS) is 23.6. The second kappa shape index (κ2) is 3.44. The van der Waals surface area contributed by atoms with Crippen molar-refractivity contribution in [1.29, 1.82) is 0 Å². The molecule has 0 heterocycles. The number of hydrogen-bond acceptors (Lipinski definition) is 2. The zero-order valence-electron chi connectivity index (χ0n) is 8.62. The first kappa shape index (κ1) is 22.6. The SMILES string of the molecule is F[Te](F)(F)(F)(F)OC(O[Te](F)(F)(F)(F)F)=[O+][Te](F)(F)(F)(F)F. The van der Waals surface area contributed by atoms with Crippen LogP contribution in [0.3, 0.4) is 0 Å². The van der Waals surface area contributed by atoms with E-state index < -0.39 is 62.2 Å². The van der Waals surface area contributed by atoms with Crippen molar-refractivity contribution in [2.24, 2.45) is 0 Å². The van der Waals surface area contributed by atoms with Gasteiger partial charge in [-0.05, 0) is 0 Å². The monoisotopic (exact) mass is 735 g/mol. The Hall–Kier alpha value is 0.589. The summed E-state index contributed by atoms with van der Waals surface area (Å²) in [5, 5.41) is 0. The molecule has 0 rings (SSSR count). The summed E-state index contributed by atoms with van der Waals surface area (Å²) in [6.07, 6.45) is -5.20. The van der Waals surface area contributed by atoms with Gasteiger partial charge in [0, 0.05) is 0 Å². The van der Waals surface area contributed by atoms with Crippen molar-refractivity contribution in [3.8, 4) is 0 Å². The van der Waals surface area contributed by atoms with Crippen LogP contribution in [0.2, 0.25) is 0 Å². The van der Waals surface area contributed by atoms with Crippen LogP contribution in [-0.2, 0) is 6.20 Å². The Morgan fingerprint density at radius 3 is 0.864 bits per heavy atom. The van der Waals surface area contributed by atoms with Crippen LogP contribution in [0.15, 0.2) is 0 Å². The molecule has 0 aromatic heterocycles. The van der Waals surface area contributed by atoms with Gasteiger partial charge in [0.15, 0.2) is 0 Å². The first-order valence-corrected chi connectivity index (χ1v) is 19.5. The summed E-state index contributed by atoms with van der Waals surface area (Å²) < 4.78 is 177. The van der Waals surface area contributed by atoms with E-state index >= 15 is 0 Å². The molecule has 0 saturated heterocycles. The molecule has 0 N–H and O–H groups in total. The molecule has 0 spiro atoms. The van der Waals surface area contributed by atoms with Crippen molar-refractivity contribution in [3.05, 3.63) is 0 Å². The third-order valence-electron chi connectivity index (χ3n) is 0.677. The van der Waals surface area contributed by atoms with E-state index in [0.717, 1.165) is 8.99 Å². The Balaban J connectivity index is 6.31. The van der Waals surface area contributed by atoms with Gasteiger partial charge in [-0.1, -0.05) is 0 Å². The average molecular weight is 728 g/mol. The molecular formula is CF15O3Te3+. The minimum absolute atomic E-state index is 0.848. The Labute approximate surface area is 114 Å². The van der Waals surface area contributed by atoms with Crippen molar-refractivity contribution in [3.63, 3.8) is 0 Å². The summed E-state index contributed by atoms with van der Waals surface area (Å²) in [6.45, 7) is 0. The Morgan fingerprint density at radius 1 is 0.500 bits per heavy atom.